The highest BCUT2D eigenvalue weighted by Gasteiger charge is 2.62. The van der Waals surface area contributed by atoms with Gasteiger partial charge in [0.2, 0.25) is 6.04 Å². The summed E-state index contributed by atoms with van der Waals surface area (Å²) in [5, 5.41) is 29.8. The lowest BCUT2D eigenvalue weighted by Gasteiger charge is -2.66. The van der Waals surface area contributed by atoms with Crippen molar-refractivity contribution in [3.05, 3.63) is 11.4 Å². The molecule has 394 valence electrons. The number of nitrogens with zero attached hydrogens (tertiary/aromatic N) is 4. The van der Waals surface area contributed by atoms with Gasteiger partial charge in [0.05, 0.1) is 18.2 Å². The topological polar surface area (TPSA) is 75.7 Å². The van der Waals surface area contributed by atoms with E-state index in [0.717, 1.165) is 182 Å². The third-order valence-corrected chi connectivity index (χ3v) is 27.1. The van der Waals surface area contributed by atoms with Crippen LogP contribution in [0.3, 0.4) is 0 Å². The first-order chi connectivity index (χ1) is 35.5. The van der Waals surface area contributed by atoms with E-state index in [0.29, 0.717) is 23.8 Å². The summed E-state index contributed by atoms with van der Waals surface area (Å²) >= 11 is 0. The molecule has 0 aliphatic heterocycles. The minimum atomic E-state index is 0.291. The normalized spacial score (nSPS) is 51.9. The average Bonchev–Trinajstić information content (AvgIpc) is 3.45. The van der Waals surface area contributed by atoms with E-state index in [1.807, 2.05) is 0 Å². The highest BCUT2D eigenvalue weighted by atomic mass is 14.7. The van der Waals surface area contributed by atoms with Gasteiger partial charge in [-0.1, -0.05) is 51.4 Å². The predicted octanol–water partition coefficient (Wildman–Crippen LogP) is 18.2. The standard InChI is InChI=1S/C68H102N4/c1-72-56-32-30-49(31-33-56)53-35-52(48-28-22-45(42-71)23-29-48)38-55(39-53)66-59-12-4-8-16-63(59)68(64-17-9-5-13-60(64)66)67-61-14-6-2-10-57(61)65(58-11-3-7-15-62(58)67)54-36-50(46-24-18-43(40-69)19-25-46)34-51(37-54)47-26-20-44(41-70)21-27-47/h43-68H,2-39H2. The van der Waals surface area contributed by atoms with Crippen LogP contribution in [0.4, 0.5) is 0 Å². The quantitative estimate of drug-likeness (QED) is 0.239. The molecule has 12 saturated carbocycles. The van der Waals surface area contributed by atoms with Crippen LogP contribution in [0.5, 0.6) is 0 Å². The van der Waals surface area contributed by atoms with E-state index in [-0.39, 0.29) is 0 Å². The van der Waals surface area contributed by atoms with Crippen LogP contribution in [-0.4, -0.2) is 6.04 Å². The lowest BCUT2D eigenvalue weighted by atomic mass is 9.39. The van der Waals surface area contributed by atoms with E-state index in [1.165, 1.54) is 141 Å². The third kappa shape index (κ3) is 10.1. The minimum absolute atomic E-state index is 0.291. The van der Waals surface area contributed by atoms with E-state index in [2.05, 4.69) is 23.1 Å². The maximum absolute atomic E-state index is 9.94. The summed E-state index contributed by atoms with van der Waals surface area (Å²) in [6.07, 6.45) is 53.4. The fourth-order valence-electron chi connectivity index (χ4n) is 24.3. The zero-order valence-corrected chi connectivity index (χ0v) is 45.7. The van der Waals surface area contributed by atoms with Crippen LogP contribution in [0.2, 0.25) is 0 Å². The van der Waals surface area contributed by atoms with Crippen LogP contribution in [0, 0.1) is 189 Å². The Hall–Kier alpha value is -2.04. The first kappa shape index (κ1) is 50.8. The van der Waals surface area contributed by atoms with Crippen LogP contribution in [-0.2, 0) is 0 Å². The molecule has 0 saturated heterocycles. The summed E-state index contributed by atoms with van der Waals surface area (Å²) in [5.41, 5.74) is 0. The Kier molecular flexibility index (Phi) is 16.1. The summed E-state index contributed by atoms with van der Waals surface area (Å²) in [7, 11) is 0. The van der Waals surface area contributed by atoms with Gasteiger partial charge in [0, 0.05) is 30.6 Å². The molecule has 12 rings (SSSR count). The summed E-state index contributed by atoms with van der Waals surface area (Å²) in [6, 6.07) is 8.38. The fraction of sp³-hybridized carbons (Fsp3) is 0.941. The third-order valence-electron chi connectivity index (χ3n) is 27.1. The van der Waals surface area contributed by atoms with Gasteiger partial charge in [-0.25, -0.2) is 6.57 Å². The van der Waals surface area contributed by atoms with Crippen molar-refractivity contribution in [1.82, 2.24) is 0 Å². The molecule has 0 spiro atoms. The van der Waals surface area contributed by atoms with Crippen LogP contribution in [0.15, 0.2) is 0 Å². The molecular formula is C68H102N4. The first-order valence-electron chi connectivity index (χ1n) is 33.0. The second-order valence-electron chi connectivity index (χ2n) is 29.7. The average molecular weight is 976 g/mol. The zero-order valence-electron chi connectivity index (χ0n) is 45.7. The van der Waals surface area contributed by atoms with E-state index in [1.54, 1.807) is 51.4 Å². The van der Waals surface area contributed by atoms with Crippen LogP contribution < -0.4 is 0 Å². The Bertz CT molecular complexity index is 1680. The Morgan fingerprint density at radius 1 is 0.250 bits per heavy atom. The lowest BCUT2D eigenvalue weighted by Crippen LogP contribution is -2.60. The zero-order chi connectivity index (χ0) is 48.7. The number of nitriles is 3. The molecule has 0 radical (unpaired) electrons. The SMILES string of the molecule is [C-]#[N+]C1CCC(C2CC(C3CCC(C#N)CC3)CC(C3C4CCCCC4C(C4C5CCCCC5C(C5CC(C6CCC(C#N)CC6)CC(C6CCC(C#N)CC6)C5)C5CCCCC54)C4CCCCC43)C2)CC1. The highest BCUT2D eigenvalue weighted by Crippen LogP contribution is 2.69. The van der Waals surface area contributed by atoms with Gasteiger partial charge in [-0.15, -0.1) is 0 Å². The number of hydrogen-bond donors (Lipinski definition) is 0. The van der Waals surface area contributed by atoms with E-state index < -0.39 is 0 Å². The van der Waals surface area contributed by atoms with Crippen LogP contribution in [0.1, 0.15) is 244 Å². The van der Waals surface area contributed by atoms with Crippen molar-refractivity contribution < 1.29 is 0 Å². The molecule has 0 aromatic carbocycles. The fourth-order valence-corrected chi connectivity index (χ4v) is 24.3. The summed E-state index contributed by atoms with van der Waals surface area (Å²) in [5.74, 6) is 21.5. The predicted molar refractivity (Wildman–Crippen MR) is 290 cm³/mol. The summed E-state index contributed by atoms with van der Waals surface area (Å²) in [6.45, 7) is 7.88. The van der Waals surface area contributed by atoms with Gasteiger partial charge in [0.25, 0.3) is 0 Å². The van der Waals surface area contributed by atoms with Gasteiger partial charge in [0.15, 0.2) is 0 Å². The molecule has 4 heteroatoms. The van der Waals surface area contributed by atoms with Crippen molar-refractivity contribution in [2.45, 2.75) is 250 Å². The van der Waals surface area contributed by atoms with Gasteiger partial charge in [-0.2, -0.15) is 15.8 Å². The molecule has 12 aliphatic rings. The Morgan fingerprint density at radius 3 is 0.708 bits per heavy atom. The van der Waals surface area contributed by atoms with E-state index in [4.69, 9.17) is 6.57 Å². The van der Waals surface area contributed by atoms with Gasteiger partial charge >= 0.3 is 0 Å². The summed E-state index contributed by atoms with van der Waals surface area (Å²) in [4.78, 5) is 4.09. The molecule has 0 N–H and O–H groups in total. The molecular weight excluding hydrogens is 873 g/mol. The Labute approximate surface area is 441 Å². The number of rotatable bonds is 7. The smallest absolute Gasteiger partial charge is 0.223 e. The lowest BCUT2D eigenvalue weighted by molar-refractivity contribution is -0.178. The van der Waals surface area contributed by atoms with E-state index in [9.17, 15) is 15.8 Å². The van der Waals surface area contributed by atoms with Crippen molar-refractivity contribution in [3.63, 3.8) is 0 Å². The van der Waals surface area contributed by atoms with Crippen molar-refractivity contribution in [2.75, 3.05) is 0 Å². The van der Waals surface area contributed by atoms with Crippen molar-refractivity contribution in [3.8, 4) is 18.2 Å². The van der Waals surface area contributed by atoms with Crippen molar-refractivity contribution in [1.29, 1.82) is 15.8 Å². The van der Waals surface area contributed by atoms with E-state index >= 15 is 0 Å². The molecule has 12 fully saturated rings. The maximum atomic E-state index is 9.94. The molecule has 12 aliphatic carbocycles. The molecule has 72 heavy (non-hydrogen) atoms. The second kappa shape index (κ2) is 22.9. The molecule has 4 nitrogen and oxygen atoms in total. The maximum Gasteiger partial charge on any atom is 0.223 e. The molecule has 0 aromatic heterocycles. The largest absolute Gasteiger partial charge is 0.314 e. The monoisotopic (exact) mass is 975 g/mol. The van der Waals surface area contributed by atoms with Crippen molar-refractivity contribution in [2.24, 2.45) is 148 Å². The molecule has 13 unspecified atom stereocenters. The van der Waals surface area contributed by atoms with Gasteiger partial charge in [-0.3, -0.25) is 0 Å². The van der Waals surface area contributed by atoms with Gasteiger partial charge < -0.3 is 4.85 Å². The number of fused-ring (bicyclic) bond motifs is 4. The highest BCUT2D eigenvalue weighted by molar-refractivity contribution is 5.11. The molecule has 0 amide bonds. The Morgan fingerprint density at radius 2 is 0.472 bits per heavy atom. The molecule has 0 bridgehead atoms. The second-order valence-corrected chi connectivity index (χ2v) is 29.7. The van der Waals surface area contributed by atoms with Crippen molar-refractivity contribution >= 4 is 0 Å². The number of hydrogen-bond acceptors (Lipinski definition) is 3. The summed E-state index contributed by atoms with van der Waals surface area (Å²) < 4.78 is 0. The minimum Gasteiger partial charge on any atom is -0.314 e. The molecule has 0 aromatic rings. The molecule has 0 heterocycles. The van der Waals surface area contributed by atoms with Gasteiger partial charge in [0.1, 0.15) is 0 Å². The Balaban J connectivity index is 0.852. The first-order valence-corrected chi connectivity index (χ1v) is 33.0. The van der Waals surface area contributed by atoms with Crippen LogP contribution in [0.25, 0.3) is 4.85 Å². The van der Waals surface area contributed by atoms with Crippen LogP contribution >= 0.6 is 0 Å². The van der Waals surface area contributed by atoms with Gasteiger partial charge in [-0.05, 0) is 310 Å². The molecule has 13 atom stereocenters.